The Balaban J connectivity index is 0.00000243. The first kappa shape index (κ1) is 19.4. The number of hydrogen-bond acceptors (Lipinski definition) is 6. The molecular formula is C18H21ClN4O3. The summed E-state index contributed by atoms with van der Waals surface area (Å²) in [6, 6.07) is 12.6. The maximum Gasteiger partial charge on any atom is 0.231 e. The molecule has 0 radical (unpaired) electrons. The Bertz CT molecular complexity index is 881. The number of benzene rings is 2. The molecule has 0 spiro atoms. The second-order valence-corrected chi connectivity index (χ2v) is 5.52. The zero-order valence-corrected chi connectivity index (χ0v) is 15.8. The molecule has 0 fully saturated rings. The van der Waals surface area contributed by atoms with Crippen molar-refractivity contribution in [3.63, 3.8) is 0 Å². The molecule has 2 aromatic carbocycles. The predicted octanol–water partition coefficient (Wildman–Crippen LogP) is 3.39. The number of aromatic hydroxyl groups is 1. The van der Waals surface area contributed by atoms with Crippen molar-refractivity contribution in [2.45, 2.75) is 0 Å². The van der Waals surface area contributed by atoms with Crippen molar-refractivity contribution >= 4 is 24.0 Å². The fraction of sp³-hybridized carbons (Fsp3) is 0.222. The van der Waals surface area contributed by atoms with E-state index in [0.717, 1.165) is 17.0 Å². The highest BCUT2D eigenvalue weighted by Crippen LogP contribution is 2.33. The Morgan fingerprint density at radius 1 is 1.00 bits per heavy atom. The van der Waals surface area contributed by atoms with Crippen LogP contribution in [0.25, 0.3) is 11.4 Å². The highest BCUT2D eigenvalue weighted by Gasteiger charge is 2.18. The van der Waals surface area contributed by atoms with Crippen LogP contribution in [-0.4, -0.2) is 41.1 Å². The molecule has 0 aliphatic carbocycles. The molecule has 0 unspecified atom stereocenters. The highest BCUT2D eigenvalue weighted by molar-refractivity contribution is 5.85. The minimum atomic E-state index is 0. The zero-order valence-electron chi connectivity index (χ0n) is 15.0. The summed E-state index contributed by atoms with van der Waals surface area (Å²) in [6.07, 6.45) is 0. The van der Waals surface area contributed by atoms with Gasteiger partial charge in [-0.15, -0.1) is 22.6 Å². The van der Waals surface area contributed by atoms with Crippen LogP contribution in [0.2, 0.25) is 0 Å². The van der Waals surface area contributed by atoms with E-state index in [-0.39, 0.29) is 18.2 Å². The third-order valence-corrected chi connectivity index (χ3v) is 4.04. The Hall–Kier alpha value is -2.93. The molecule has 0 amide bonds. The van der Waals surface area contributed by atoms with Gasteiger partial charge < -0.3 is 19.5 Å². The van der Waals surface area contributed by atoms with E-state index in [9.17, 15) is 5.11 Å². The van der Waals surface area contributed by atoms with Crippen LogP contribution in [0.5, 0.6) is 17.2 Å². The van der Waals surface area contributed by atoms with Gasteiger partial charge in [0, 0.05) is 25.8 Å². The monoisotopic (exact) mass is 376 g/mol. The van der Waals surface area contributed by atoms with Crippen molar-refractivity contribution in [2.24, 2.45) is 7.05 Å². The minimum Gasteiger partial charge on any atom is -0.508 e. The van der Waals surface area contributed by atoms with Crippen LogP contribution in [-0.2, 0) is 7.05 Å². The molecule has 0 aliphatic rings. The lowest BCUT2D eigenvalue weighted by Crippen LogP contribution is -2.14. The van der Waals surface area contributed by atoms with Crippen LogP contribution >= 0.6 is 12.4 Å². The van der Waals surface area contributed by atoms with Crippen molar-refractivity contribution in [1.29, 1.82) is 0 Å². The third kappa shape index (κ3) is 3.52. The van der Waals surface area contributed by atoms with Gasteiger partial charge in [-0.05, 0) is 36.4 Å². The van der Waals surface area contributed by atoms with Crippen LogP contribution in [0, 0.1) is 0 Å². The first-order valence-corrected chi connectivity index (χ1v) is 7.69. The topological polar surface area (TPSA) is 72.6 Å². The van der Waals surface area contributed by atoms with Crippen molar-refractivity contribution < 1.29 is 14.6 Å². The summed E-state index contributed by atoms with van der Waals surface area (Å²) in [5.74, 6) is 2.79. The molecule has 1 aromatic heterocycles. The molecule has 0 bridgehead atoms. The fourth-order valence-corrected chi connectivity index (χ4v) is 2.63. The number of phenolic OH excluding ortho intramolecular Hbond substituents is 1. The van der Waals surface area contributed by atoms with E-state index in [4.69, 9.17) is 9.47 Å². The van der Waals surface area contributed by atoms with Gasteiger partial charge in [0.2, 0.25) is 5.95 Å². The summed E-state index contributed by atoms with van der Waals surface area (Å²) < 4.78 is 12.4. The number of aromatic nitrogens is 3. The highest BCUT2D eigenvalue weighted by atomic mass is 35.5. The molecular weight excluding hydrogens is 356 g/mol. The molecule has 0 atom stereocenters. The molecule has 8 heteroatoms. The maximum atomic E-state index is 9.63. The summed E-state index contributed by atoms with van der Waals surface area (Å²) in [4.78, 5) is 1.93. The van der Waals surface area contributed by atoms with Crippen LogP contribution in [0.4, 0.5) is 11.6 Å². The van der Waals surface area contributed by atoms with Crippen molar-refractivity contribution in [1.82, 2.24) is 14.8 Å². The van der Waals surface area contributed by atoms with E-state index < -0.39 is 0 Å². The number of halogens is 1. The molecule has 138 valence electrons. The van der Waals surface area contributed by atoms with Gasteiger partial charge in [0.05, 0.1) is 19.8 Å². The molecule has 3 rings (SSSR count). The quantitative estimate of drug-likeness (QED) is 0.735. The van der Waals surface area contributed by atoms with Gasteiger partial charge in [-0.1, -0.05) is 0 Å². The molecule has 0 saturated heterocycles. The van der Waals surface area contributed by atoms with E-state index in [1.165, 1.54) is 0 Å². The van der Waals surface area contributed by atoms with E-state index in [1.807, 2.05) is 47.8 Å². The standard InChI is InChI=1S/C18H20N4O3.ClH/c1-21(12-5-8-14(24-3)9-6-12)18-20-19-17(22(18)2)15-10-7-13(23)11-16(15)25-4;/h5-11,23H,1-4H3;1H. The average molecular weight is 377 g/mol. The van der Waals surface area contributed by atoms with Gasteiger partial charge in [0.15, 0.2) is 5.82 Å². The number of anilines is 2. The van der Waals surface area contributed by atoms with E-state index >= 15 is 0 Å². The summed E-state index contributed by atoms with van der Waals surface area (Å²) in [6.45, 7) is 0. The molecule has 26 heavy (non-hydrogen) atoms. The van der Waals surface area contributed by atoms with Crippen LogP contribution in [0.1, 0.15) is 0 Å². The molecule has 0 aliphatic heterocycles. The molecule has 7 nitrogen and oxygen atoms in total. The number of methoxy groups -OCH3 is 2. The van der Waals surface area contributed by atoms with Gasteiger partial charge in [0.1, 0.15) is 17.2 Å². The van der Waals surface area contributed by atoms with Gasteiger partial charge in [-0.3, -0.25) is 4.57 Å². The lowest BCUT2D eigenvalue weighted by atomic mass is 10.2. The fourth-order valence-electron chi connectivity index (χ4n) is 2.63. The maximum absolute atomic E-state index is 9.63. The lowest BCUT2D eigenvalue weighted by Gasteiger charge is -2.18. The number of rotatable bonds is 5. The van der Waals surface area contributed by atoms with Crippen LogP contribution < -0.4 is 14.4 Å². The lowest BCUT2D eigenvalue weighted by molar-refractivity contribution is 0.409. The third-order valence-electron chi connectivity index (χ3n) is 4.04. The number of phenols is 1. The Kier molecular flexibility index (Phi) is 5.94. The SMILES string of the molecule is COc1ccc(N(C)c2nnc(-c3ccc(O)cc3OC)n2C)cc1.Cl. The molecule has 1 heterocycles. The summed E-state index contributed by atoms with van der Waals surface area (Å²) in [7, 11) is 7.00. The van der Waals surface area contributed by atoms with E-state index in [1.54, 1.807) is 32.4 Å². The van der Waals surface area contributed by atoms with Crippen LogP contribution in [0.3, 0.4) is 0 Å². The van der Waals surface area contributed by atoms with Gasteiger partial charge in [-0.25, -0.2) is 0 Å². The molecule has 3 aromatic rings. The second kappa shape index (κ2) is 7.97. The summed E-state index contributed by atoms with van der Waals surface area (Å²) in [5, 5.41) is 18.2. The van der Waals surface area contributed by atoms with Crippen molar-refractivity contribution in [2.75, 3.05) is 26.2 Å². The Morgan fingerprint density at radius 3 is 2.31 bits per heavy atom. The number of hydrogen-bond donors (Lipinski definition) is 1. The average Bonchev–Trinajstić information content (AvgIpc) is 3.02. The normalized spacial score (nSPS) is 10.2. The smallest absolute Gasteiger partial charge is 0.231 e. The zero-order chi connectivity index (χ0) is 18.0. The van der Waals surface area contributed by atoms with Crippen molar-refractivity contribution in [3.8, 4) is 28.6 Å². The van der Waals surface area contributed by atoms with E-state index in [0.29, 0.717) is 17.5 Å². The largest absolute Gasteiger partial charge is 0.508 e. The van der Waals surface area contributed by atoms with Gasteiger partial charge in [-0.2, -0.15) is 0 Å². The van der Waals surface area contributed by atoms with Gasteiger partial charge >= 0.3 is 0 Å². The minimum absolute atomic E-state index is 0. The number of ether oxygens (including phenoxy) is 2. The summed E-state index contributed by atoms with van der Waals surface area (Å²) in [5.41, 5.74) is 1.71. The summed E-state index contributed by atoms with van der Waals surface area (Å²) >= 11 is 0. The molecule has 0 saturated carbocycles. The van der Waals surface area contributed by atoms with Crippen LogP contribution in [0.15, 0.2) is 42.5 Å². The van der Waals surface area contributed by atoms with Gasteiger partial charge in [0.25, 0.3) is 0 Å². The molecule has 1 N–H and O–H groups in total. The predicted molar refractivity (Wildman–Crippen MR) is 103 cm³/mol. The Labute approximate surface area is 158 Å². The van der Waals surface area contributed by atoms with Crippen molar-refractivity contribution in [3.05, 3.63) is 42.5 Å². The first-order valence-electron chi connectivity index (χ1n) is 7.69. The second-order valence-electron chi connectivity index (χ2n) is 5.52. The first-order chi connectivity index (χ1) is 12.0. The Morgan fingerprint density at radius 2 is 1.69 bits per heavy atom. The number of nitrogens with zero attached hydrogens (tertiary/aromatic N) is 4. The van der Waals surface area contributed by atoms with E-state index in [2.05, 4.69) is 10.2 Å².